The molecule has 0 aliphatic heterocycles. The lowest BCUT2D eigenvalue weighted by Gasteiger charge is -2.29. The van der Waals surface area contributed by atoms with Crippen LogP contribution < -0.4 is 0 Å². The smallest absolute Gasteiger partial charge is 0.0758 e. The van der Waals surface area contributed by atoms with Crippen molar-refractivity contribution in [3.63, 3.8) is 0 Å². The molecule has 0 aliphatic rings. The first-order valence-electron chi connectivity index (χ1n) is 8.35. The monoisotopic (exact) mass is 318 g/mol. The Morgan fingerprint density at radius 3 is 2.00 bits per heavy atom. The van der Waals surface area contributed by atoms with Crippen molar-refractivity contribution in [3.8, 4) is 0 Å². The molecule has 1 unspecified atom stereocenters. The zero-order chi connectivity index (χ0) is 17.3. The summed E-state index contributed by atoms with van der Waals surface area (Å²) in [5, 5.41) is 0. The van der Waals surface area contributed by atoms with Gasteiger partial charge in [-0.1, -0.05) is 78.9 Å². The van der Waals surface area contributed by atoms with E-state index in [2.05, 4.69) is 44.0 Å². The van der Waals surface area contributed by atoms with Gasteiger partial charge in [-0.15, -0.1) is 19.7 Å². The van der Waals surface area contributed by atoms with Crippen molar-refractivity contribution < 1.29 is 4.74 Å². The van der Waals surface area contributed by atoms with Gasteiger partial charge in [-0.05, 0) is 24.0 Å². The fourth-order valence-electron chi connectivity index (χ4n) is 2.84. The van der Waals surface area contributed by atoms with Crippen LogP contribution in [0.25, 0.3) is 0 Å². The van der Waals surface area contributed by atoms with E-state index in [0.29, 0.717) is 6.61 Å². The van der Waals surface area contributed by atoms with Gasteiger partial charge in [0.2, 0.25) is 0 Å². The van der Waals surface area contributed by atoms with E-state index in [4.69, 9.17) is 4.74 Å². The van der Waals surface area contributed by atoms with E-state index >= 15 is 0 Å². The Morgan fingerprint density at radius 1 is 0.875 bits per heavy atom. The molecule has 2 rings (SSSR count). The second-order valence-corrected chi connectivity index (χ2v) is 5.92. The van der Waals surface area contributed by atoms with Gasteiger partial charge in [-0.2, -0.15) is 0 Å². The second kappa shape index (κ2) is 9.05. The normalized spacial score (nSPS) is 12.3. The molecule has 0 fully saturated rings. The fraction of sp³-hybridized carbons (Fsp3) is 0.217. The molecule has 0 aliphatic carbocycles. The first kappa shape index (κ1) is 18.0. The lowest BCUT2D eigenvalue weighted by molar-refractivity contribution is 0.0633. The Labute approximate surface area is 146 Å². The van der Waals surface area contributed by atoms with E-state index < -0.39 is 0 Å². The van der Waals surface area contributed by atoms with Crippen LogP contribution in [0.1, 0.15) is 24.0 Å². The van der Waals surface area contributed by atoms with Crippen LogP contribution in [0.15, 0.2) is 98.6 Å². The van der Waals surface area contributed by atoms with Crippen LogP contribution in [0.2, 0.25) is 0 Å². The van der Waals surface area contributed by atoms with Crippen molar-refractivity contribution in [1.82, 2.24) is 0 Å². The number of hydrogen-bond donors (Lipinski definition) is 0. The number of hydrogen-bond acceptors (Lipinski definition) is 1. The van der Waals surface area contributed by atoms with Gasteiger partial charge in [0.25, 0.3) is 0 Å². The summed E-state index contributed by atoms with van der Waals surface area (Å²) >= 11 is 0. The standard InChI is InChI=1S/C23H26O/c1-4-22(24-19-20-13-9-7-10-14-20)17-18-23(5-2,6-3)21-15-11-8-12-16-21/h4-16,22H,1-3,17-19H2. The molecule has 0 aromatic heterocycles. The van der Waals surface area contributed by atoms with Crippen molar-refractivity contribution in [2.45, 2.75) is 31.0 Å². The molecule has 1 nitrogen and oxygen atoms in total. The van der Waals surface area contributed by atoms with E-state index in [1.165, 1.54) is 11.1 Å². The predicted molar refractivity (Wildman–Crippen MR) is 103 cm³/mol. The summed E-state index contributed by atoms with van der Waals surface area (Å²) in [5.74, 6) is 0. The predicted octanol–water partition coefficient (Wildman–Crippen LogP) is 5.85. The van der Waals surface area contributed by atoms with Gasteiger partial charge in [0.15, 0.2) is 0 Å². The third-order valence-corrected chi connectivity index (χ3v) is 4.45. The Bertz CT molecular complexity index is 634. The Balaban J connectivity index is 2.00. The summed E-state index contributed by atoms with van der Waals surface area (Å²) in [4.78, 5) is 0. The highest BCUT2D eigenvalue weighted by atomic mass is 16.5. The molecule has 0 heterocycles. The topological polar surface area (TPSA) is 9.23 Å². The van der Waals surface area contributed by atoms with Gasteiger partial charge in [0, 0.05) is 5.41 Å². The van der Waals surface area contributed by atoms with Crippen molar-refractivity contribution >= 4 is 0 Å². The summed E-state index contributed by atoms with van der Waals surface area (Å²) in [6.45, 7) is 12.6. The maximum Gasteiger partial charge on any atom is 0.0758 e. The molecule has 0 bridgehead atoms. The van der Waals surface area contributed by atoms with Crippen LogP contribution in [-0.4, -0.2) is 6.10 Å². The zero-order valence-electron chi connectivity index (χ0n) is 14.2. The third-order valence-electron chi connectivity index (χ3n) is 4.45. The van der Waals surface area contributed by atoms with Crippen LogP contribution in [-0.2, 0) is 16.8 Å². The Kier molecular flexibility index (Phi) is 6.77. The molecule has 124 valence electrons. The minimum atomic E-state index is -0.237. The highest BCUT2D eigenvalue weighted by Gasteiger charge is 2.25. The first-order chi connectivity index (χ1) is 11.7. The average Bonchev–Trinajstić information content (AvgIpc) is 2.67. The molecule has 0 radical (unpaired) electrons. The van der Waals surface area contributed by atoms with Crippen molar-refractivity contribution in [1.29, 1.82) is 0 Å². The molecule has 2 aromatic rings. The summed E-state index contributed by atoms with van der Waals surface area (Å²) in [6, 6.07) is 20.6. The summed E-state index contributed by atoms with van der Waals surface area (Å²) in [5.41, 5.74) is 2.14. The molecular weight excluding hydrogens is 292 g/mol. The lowest BCUT2D eigenvalue weighted by atomic mass is 9.76. The molecule has 24 heavy (non-hydrogen) atoms. The molecule has 1 atom stereocenters. The lowest BCUT2D eigenvalue weighted by Crippen LogP contribution is -2.23. The molecule has 0 saturated heterocycles. The maximum atomic E-state index is 6.01. The number of rotatable bonds is 10. The van der Waals surface area contributed by atoms with Gasteiger partial charge in [0.1, 0.15) is 0 Å². The quantitative estimate of drug-likeness (QED) is 0.499. The maximum absolute atomic E-state index is 6.01. The largest absolute Gasteiger partial charge is 0.369 e. The third kappa shape index (κ3) is 4.56. The second-order valence-electron chi connectivity index (χ2n) is 5.92. The van der Waals surface area contributed by atoms with Crippen LogP contribution in [0.5, 0.6) is 0 Å². The summed E-state index contributed by atoms with van der Waals surface area (Å²) < 4.78 is 6.01. The zero-order valence-corrected chi connectivity index (χ0v) is 14.2. The molecule has 2 aromatic carbocycles. The molecule has 1 heteroatoms. The van der Waals surface area contributed by atoms with Gasteiger partial charge in [0.05, 0.1) is 12.7 Å². The SMILES string of the molecule is C=CC(CCC(C=C)(C=C)c1ccccc1)OCc1ccccc1. The number of benzene rings is 2. The molecule has 0 N–H and O–H groups in total. The molecule has 0 saturated carbocycles. The minimum Gasteiger partial charge on any atom is -0.369 e. The van der Waals surface area contributed by atoms with Crippen LogP contribution in [0.4, 0.5) is 0 Å². The highest BCUT2D eigenvalue weighted by Crippen LogP contribution is 2.33. The first-order valence-corrected chi connectivity index (χ1v) is 8.35. The summed E-state index contributed by atoms with van der Waals surface area (Å²) in [6.07, 6.45) is 7.59. The number of allylic oxidation sites excluding steroid dienone is 2. The Hall–Kier alpha value is -2.38. The highest BCUT2D eigenvalue weighted by molar-refractivity contribution is 5.35. The van der Waals surface area contributed by atoms with Crippen molar-refractivity contribution in [2.75, 3.05) is 0 Å². The van der Waals surface area contributed by atoms with Crippen LogP contribution in [0.3, 0.4) is 0 Å². The van der Waals surface area contributed by atoms with E-state index in [0.717, 1.165) is 12.8 Å². The van der Waals surface area contributed by atoms with E-state index in [9.17, 15) is 0 Å². The Morgan fingerprint density at radius 2 is 1.46 bits per heavy atom. The summed E-state index contributed by atoms with van der Waals surface area (Å²) in [7, 11) is 0. The van der Waals surface area contributed by atoms with Crippen LogP contribution in [0, 0.1) is 0 Å². The van der Waals surface area contributed by atoms with Gasteiger partial charge < -0.3 is 4.74 Å². The van der Waals surface area contributed by atoms with Crippen molar-refractivity contribution in [3.05, 3.63) is 110 Å². The van der Waals surface area contributed by atoms with Gasteiger partial charge >= 0.3 is 0 Å². The number of ether oxygens (including phenoxy) is 1. The van der Waals surface area contributed by atoms with E-state index in [1.54, 1.807) is 0 Å². The van der Waals surface area contributed by atoms with Gasteiger partial charge in [-0.3, -0.25) is 0 Å². The molecule has 0 spiro atoms. The van der Waals surface area contributed by atoms with Gasteiger partial charge in [-0.25, -0.2) is 0 Å². The molecular formula is C23H26O. The minimum absolute atomic E-state index is 0.00759. The average molecular weight is 318 g/mol. The van der Waals surface area contributed by atoms with E-state index in [1.807, 2.05) is 54.6 Å². The fourth-order valence-corrected chi connectivity index (χ4v) is 2.84. The van der Waals surface area contributed by atoms with E-state index in [-0.39, 0.29) is 11.5 Å². The van der Waals surface area contributed by atoms with Crippen LogP contribution >= 0.6 is 0 Å². The van der Waals surface area contributed by atoms with Crippen molar-refractivity contribution in [2.24, 2.45) is 0 Å². The molecule has 0 amide bonds.